The minimum atomic E-state index is -0.236. The number of ether oxygens (including phenoxy) is 1. The van der Waals surface area contributed by atoms with Crippen LogP contribution in [-0.4, -0.2) is 18.3 Å². The normalized spacial score (nSPS) is 10.6. The molecule has 4 heteroatoms. The fraction of sp³-hybridized carbons (Fsp3) is 0.0833. The van der Waals surface area contributed by atoms with Crippen LogP contribution in [0.25, 0.3) is 6.08 Å². The van der Waals surface area contributed by atoms with Gasteiger partial charge in [-0.25, -0.2) is 0 Å². The summed E-state index contributed by atoms with van der Waals surface area (Å²) in [6, 6.07) is 23.9. The van der Waals surface area contributed by atoms with Gasteiger partial charge in [-0.1, -0.05) is 54.6 Å². The molecular formula is C24H21NO3. The molecule has 0 atom stereocenters. The standard InChI is InChI=1S/C24H21NO3/c1-18-7-5-6-10-22(18)25-24(27)17-28-21-14-12-20(13-15-21)23(26)16-11-19-8-3-2-4-9-19/h2-16H,17H2,1H3,(H,25,27)/b16-11+. The summed E-state index contributed by atoms with van der Waals surface area (Å²) in [4.78, 5) is 24.3. The van der Waals surface area contributed by atoms with Crippen molar-refractivity contribution in [3.63, 3.8) is 0 Å². The minimum Gasteiger partial charge on any atom is -0.484 e. The lowest BCUT2D eigenvalue weighted by Crippen LogP contribution is -2.20. The molecule has 1 amide bonds. The van der Waals surface area contributed by atoms with E-state index in [1.807, 2.05) is 61.5 Å². The lowest BCUT2D eigenvalue weighted by molar-refractivity contribution is -0.118. The molecule has 0 aliphatic rings. The van der Waals surface area contributed by atoms with Gasteiger partial charge in [-0.15, -0.1) is 0 Å². The maximum absolute atomic E-state index is 12.2. The molecule has 3 aromatic carbocycles. The van der Waals surface area contributed by atoms with E-state index in [9.17, 15) is 9.59 Å². The first-order valence-corrected chi connectivity index (χ1v) is 8.97. The Labute approximate surface area is 164 Å². The zero-order valence-corrected chi connectivity index (χ0v) is 15.6. The van der Waals surface area contributed by atoms with Gasteiger partial charge >= 0.3 is 0 Å². The Hall–Kier alpha value is -3.66. The summed E-state index contributed by atoms with van der Waals surface area (Å²) in [6.07, 6.45) is 3.32. The molecule has 0 aliphatic carbocycles. The number of carbonyl (C=O) groups excluding carboxylic acids is 2. The van der Waals surface area contributed by atoms with E-state index in [1.54, 1.807) is 36.4 Å². The number of nitrogens with one attached hydrogen (secondary N) is 1. The number of carbonyl (C=O) groups is 2. The van der Waals surface area contributed by atoms with Crippen molar-refractivity contribution in [3.05, 3.63) is 102 Å². The van der Waals surface area contributed by atoms with Crippen LogP contribution in [-0.2, 0) is 4.79 Å². The van der Waals surface area contributed by atoms with Crippen LogP contribution >= 0.6 is 0 Å². The third-order valence-corrected chi connectivity index (χ3v) is 4.15. The van der Waals surface area contributed by atoms with Gasteiger partial charge in [0.1, 0.15) is 5.75 Å². The van der Waals surface area contributed by atoms with Gasteiger partial charge < -0.3 is 10.1 Å². The number of anilines is 1. The Bertz CT molecular complexity index is 976. The van der Waals surface area contributed by atoms with E-state index in [0.29, 0.717) is 11.3 Å². The van der Waals surface area contributed by atoms with Crippen molar-refractivity contribution in [1.82, 2.24) is 0 Å². The molecule has 0 fully saturated rings. The first-order valence-electron chi connectivity index (χ1n) is 8.97. The zero-order valence-electron chi connectivity index (χ0n) is 15.6. The first kappa shape index (κ1) is 19.1. The Balaban J connectivity index is 1.53. The van der Waals surface area contributed by atoms with E-state index in [4.69, 9.17) is 4.74 Å². The molecule has 0 spiro atoms. The fourth-order valence-electron chi connectivity index (χ4n) is 2.60. The summed E-state index contributed by atoms with van der Waals surface area (Å²) >= 11 is 0. The van der Waals surface area contributed by atoms with Gasteiger partial charge in [0.05, 0.1) is 0 Å². The van der Waals surface area contributed by atoms with Gasteiger partial charge in [-0.05, 0) is 54.5 Å². The highest BCUT2D eigenvalue weighted by atomic mass is 16.5. The minimum absolute atomic E-state index is 0.0901. The number of para-hydroxylation sites is 1. The van der Waals surface area contributed by atoms with Crippen molar-refractivity contribution in [2.24, 2.45) is 0 Å². The summed E-state index contributed by atoms with van der Waals surface area (Å²) in [5, 5.41) is 2.82. The summed E-state index contributed by atoms with van der Waals surface area (Å²) in [7, 11) is 0. The maximum atomic E-state index is 12.2. The predicted molar refractivity (Wildman–Crippen MR) is 112 cm³/mol. The van der Waals surface area contributed by atoms with Gasteiger partial charge in [0, 0.05) is 11.3 Å². The number of allylic oxidation sites excluding steroid dienone is 1. The first-order chi connectivity index (χ1) is 13.6. The Morgan fingerprint density at radius 1 is 0.893 bits per heavy atom. The number of ketones is 1. The number of rotatable bonds is 7. The quantitative estimate of drug-likeness (QED) is 0.474. The number of amides is 1. The fourth-order valence-corrected chi connectivity index (χ4v) is 2.60. The summed E-state index contributed by atoms with van der Waals surface area (Å²) < 4.78 is 5.50. The average Bonchev–Trinajstić information content (AvgIpc) is 2.73. The van der Waals surface area contributed by atoms with Crippen molar-refractivity contribution in [2.45, 2.75) is 6.92 Å². The molecule has 0 saturated carbocycles. The van der Waals surface area contributed by atoms with E-state index < -0.39 is 0 Å². The van der Waals surface area contributed by atoms with Crippen LogP contribution in [0.3, 0.4) is 0 Å². The molecule has 0 aromatic heterocycles. The molecule has 0 heterocycles. The molecule has 1 N–H and O–H groups in total. The van der Waals surface area contributed by atoms with Crippen molar-refractivity contribution < 1.29 is 14.3 Å². The smallest absolute Gasteiger partial charge is 0.262 e. The molecule has 0 radical (unpaired) electrons. The van der Waals surface area contributed by atoms with E-state index >= 15 is 0 Å². The Kier molecular flexibility index (Phi) is 6.37. The van der Waals surface area contributed by atoms with Crippen molar-refractivity contribution in [3.8, 4) is 5.75 Å². The van der Waals surface area contributed by atoms with Crippen molar-refractivity contribution >= 4 is 23.5 Å². The van der Waals surface area contributed by atoms with Crippen LogP contribution in [0.1, 0.15) is 21.5 Å². The highest BCUT2D eigenvalue weighted by molar-refractivity contribution is 6.06. The lowest BCUT2D eigenvalue weighted by atomic mass is 10.1. The summed E-state index contributed by atoms with van der Waals surface area (Å²) in [6.45, 7) is 1.83. The second-order valence-electron chi connectivity index (χ2n) is 6.28. The molecule has 0 bridgehead atoms. The lowest BCUT2D eigenvalue weighted by Gasteiger charge is -2.09. The molecular weight excluding hydrogens is 350 g/mol. The SMILES string of the molecule is Cc1ccccc1NC(=O)COc1ccc(C(=O)/C=C/c2ccccc2)cc1. The second kappa shape index (κ2) is 9.33. The highest BCUT2D eigenvalue weighted by Gasteiger charge is 2.06. The van der Waals surface area contributed by atoms with Crippen LogP contribution in [0.15, 0.2) is 84.9 Å². The molecule has 3 rings (SSSR count). The summed E-state index contributed by atoms with van der Waals surface area (Å²) in [5.41, 5.74) is 3.28. The number of benzene rings is 3. The van der Waals surface area contributed by atoms with Gasteiger partial charge in [0.25, 0.3) is 5.91 Å². The Morgan fingerprint density at radius 2 is 1.57 bits per heavy atom. The van der Waals surface area contributed by atoms with E-state index in [-0.39, 0.29) is 18.3 Å². The molecule has 3 aromatic rings. The predicted octanol–water partition coefficient (Wildman–Crippen LogP) is 4.91. The average molecular weight is 371 g/mol. The van der Waals surface area contributed by atoms with Crippen LogP contribution < -0.4 is 10.1 Å². The van der Waals surface area contributed by atoms with Crippen LogP contribution in [0, 0.1) is 6.92 Å². The van der Waals surface area contributed by atoms with E-state index in [0.717, 1.165) is 16.8 Å². The second-order valence-corrected chi connectivity index (χ2v) is 6.28. The molecule has 140 valence electrons. The number of aryl methyl sites for hydroxylation is 1. The van der Waals surface area contributed by atoms with E-state index in [1.165, 1.54) is 0 Å². The largest absolute Gasteiger partial charge is 0.484 e. The third-order valence-electron chi connectivity index (χ3n) is 4.15. The molecule has 0 aliphatic heterocycles. The Morgan fingerprint density at radius 3 is 2.29 bits per heavy atom. The van der Waals surface area contributed by atoms with Crippen LogP contribution in [0.4, 0.5) is 5.69 Å². The van der Waals surface area contributed by atoms with Crippen LogP contribution in [0.5, 0.6) is 5.75 Å². The van der Waals surface area contributed by atoms with E-state index in [2.05, 4.69) is 5.32 Å². The third kappa shape index (κ3) is 5.42. The van der Waals surface area contributed by atoms with Gasteiger partial charge in [-0.2, -0.15) is 0 Å². The van der Waals surface area contributed by atoms with Crippen molar-refractivity contribution in [1.29, 1.82) is 0 Å². The van der Waals surface area contributed by atoms with Gasteiger partial charge in [-0.3, -0.25) is 9.59 Å². The van der Waals surface area contributed by atoms with Crippen LogP contribution in [0.2, 0.25) is 0 Å². The van der Waals surface area contributed by atoms with Gasteiger partial charge in [0.15, 0.2) is 12.4 Å². The number of hydrogen-bond donors (Lipinski definition) is 1. The monoisotopic (exact) mass is 371 g/mol. The summed E-state index contributed by atoms with van der Waals surface area (Å²) in [5.74, 6) is 0.205. The molecule has 0 unspecified atom stereocenters. The molecule has 28 heavy (non-hydrogen) atoms. The highest BCUT2D eigenvalue weighted by Crippen LogP contribution is 2.15. The van der Waals surface area contributed by atoms with Gasteiger partial charge in [0.2, 0.25) is 0 Å². The topological polar surface area (TPSA) is 55.4 Å². The number of hydrogen-bond acceptors (Lipinski definition) is 3. The molecule has 4 nitrogen and oxygen atoms in total. The zero-order chi connectivity index (χ0) is 19.8. The molecule has 0 saturated heterocycles. The maximum Gasteiger partial charge on any atom is 0.262 e. The van der Waals surface area contributed by atoms with Crippen molar-refractivity contribution in [2.75, 3.05) is 11.9 Å².